The van der Waals surface area contributed by atoms with Crippen molar-refractivity contribution in [2.45, 2.75) is 11.6 Å². The molecule has 0 aliphatic heterocycles. The van der Waals surface area contributed by atoms with E-state index in [0.717, 1.165) is 7.11 Å². The molecule has 0 N–H and O–H groups in total. The number of alkyl halides is 1. The van der Waals surface area contributed by atoms with E-state index in [1.165, 1.54) is 28.4 Å². The fourth-order valence-electron chi connectivity index (χ4n) is 4.58. The monoisotopic (exact) mass is 454 g/mol. The van der Waals surface area contributed by atoms with Gasteiger partial charge in [0.15, 0.2) is 0 Å². The van der Waals surface area contributed by atoms with Gasteiger partial charge in [-0.2, -0.15) is 0 Å². The molecule has 7 nitrogen and oxygen atoms in total. The van der Waals surface area contributed by atoms with Crippen LogP contribution in [-0.4, -0.2) is 53.0 Å². The van der Waals surface area contributed by atoms with Gasteiger partial charge in [-0.25, -0.2) is 9.18 Å². The fourth-order valence-corrected chi connectivity index (χ4v) is 4.58. The summed E-state index contributed by atoms with van der Waals surface area (Å²) < 4.78 is 43.3. The second kappa shape index (κ2) is 8.27. The van der Waals surface area contributed by atoms with Crippen LogP contribution in [0.5, 0.6) is 23.0 Å². The maximum absolute atomic E-state index is 16.8. The number of carbonyl (C=O) groups is 2. The molecule has 2 atom stereocenters. The van der Waals surface area contributed by atoms with E-state index in [1.54, 1.807) is 42.5 Å². The van der Waals surface area contributed by atoms with Crippen LogP contribution in [0.4, 0.5) is 4.39 Å². The largest absolute Gasteiger partial charge is 0.496 e. The minimum Gasteiger partial charge on any atom is -0.496 e. The number of methoxy groups -OCH3 is 5. The van der Waals surface area contributed by atoms with Crippen molar-refractivity contribution in [1.82, 2.24) is 0 Å². The Kier molecular flexibility index (Phi) is 5.61. The minimum atomic E-state index is -3.04. The summed E-state index contributed by atoms with van der Waals surface area (Å²) in [6.07, 6.45) is 0. The zero-order valence-electron chi connectivity index (χ0n) is 18.9. The van der Waals surface area contributed by atoms with Crippen LogP contribution in [0.1, 0.15) is 27.4 Å². The molecule has 1 aliphatic rings. The zero-order valence-corrected chi connectivity index (χ0v) is 18.9. The highest BCUT2D eigenvalue weighted by molar-refractivity contribution is 6.25. The van der Waals surface area contributed by atoms with Crippen molar-refractivity contribution in [2.75, 3.05) is 35.5 Å². The highest BCUT2D eigenvalue weighted by Crippen LogP contribution is 2.55. The van der Waals surface area contributed by atoms with Crippen molar-refractivity contribution in [1.29, 1.82) is 0 Å². The second-order valence-corrected chi connectivity index (χ2v) is 7.50. The van der Waals surface area contributed by atoms with E-state index >= 15 is 4.39 Å². The fraction of sp³-hybridized carbons (Fsp3) is 0.280. The van der Waals surface area contributed by atoms with Crippen molar-refractivity contribution < 1.29 is 37.7 Å². The number of halogens is 1. The zero-order chi connectivity index (χ0) is 23.9. The van der Waals surface area contributed by atoms with Crippen LogP contribution in [0, 0.1) is 0 Å². The number of esters is 1. The van der Waals surface area contributed by atoms with Crippen LogP contribution in [0.15, 0.2) is 42.5 Å². The lowest BCUT2D eigenvalue weighted by Gasteiger charge is -2.27. The molecule has 8 heteroatoms. The first-order valence-electron chi connectivity index (χ1n) is 10.1. The Morgan fingerprint density at radius 1 is 0.848 bits per heavy atom. The molecule has 3 aromatic rings. The first-order chi connectivity index (χ1) is 15.9. The lowest BCUT2D eigenvalue weighted by molar-refractivity contribution is -0.151. The molecule has 0 fully saturated rings. The lowest BCUT2D eigenvalue weighted by atomic mass is 9.82. The van der Waals surface area contributed by atoms with Gasteiger partial charge >= 0.3 is 5.97 Å². The van der Waals surface area contributed by atoms with Crippen molar-refractivity contribution >= 4 is 22.5 Å². The number of fused-ring (bicyclic) bond motifs is 3. The maximum Gasteiger partial charge on any atom is 0.352 e. The number of benzene rings is 3. The van der Waals surface area contributed by atoms with Gasteiger partial charge in [-0.3, -0.25) is 4.79 Å². The predicted molar refractivity (Wildman–Crippen MR) is 119 cm³/mol. The average Bonchev–Trinajstić information content (AvgIpc) is 3.09. The van der Waals surface area contributed by atoms with Crippen LogP contribution in [0.3, 0.4) is 0 Å². The molecular weight excluding hydrogens is 431 g/mol. The van der Waals surface area contributed by atoms with Gasteiger partial charge in [0, 0.05) is 28.6 Å². The first-order valence-corrected chi connectivity index (χ1v) is 10.1. The third-order valence-corrected chi connectivity index (χ3v) is 6.06. The molecule has 0 unspecified atom stereocenters. The predicted octanol–water partition coefficient (Wildman–Crippen LogP) is 4.08. The van der Waals surface area contributed by atoms with Crippen molar-refractivity contribution in [3.63, 3.8) is 0 Å². The Balaban J connectivity index is 2.12. The lowest BCUT2D eigenvalue weighted by Crippen LogP contribution is -2.44. The Labute approximate surface area is 190 Å². The summed E-state index contributed by atoms with van der Waals surface area (Å²) in [5.74, 6) is -2.34. The smallest absolute Gasteiger partial charge is 0.352 e. The molecule has 0 aromatic heterocycles. The van der Waals surface area contributed by atoms with Gasteiger partial charge in [0.1, 0.15) is 23.0 Å². The Morgan fingerprint density at radius 3 is 2.03 bits per heavy atom. The Bertz CT molecular complexity index is 1240. The molecule has 172 valence electrons. The standard InChI is InChI=1S/C25H23FO7/c1-29-13-11-18(31-3)21(19(12-13)32-4)22-16-10-9-14-15(7-6-8-17(14)30-2)20(16)23(27)25(22,26)24(28)33-5/h6-12,22H,1-5H3/t22-,25-/m0/s1. The van der Waals surface area contributed by atoms with Crippen LogP contribution in [0.25, 0.3) is 10.8 Å². The molecule has 0 bridgehead atoms. The summed E-state index contributed by atoms with van der Waals surface area (Å²) in [4.78, 5) is 26.4. The van der Waals surface area contributed by atoms with Crippen LogP contribution in [-0.2, 0) is 9.53 Å². The third kappa shape index (κ3) is 3.08. The van der Waals surface area contributed by atoms with Crippen molar-refractivity contribution in [3.05, 3.63) is 59.2 Å². The van der Waals surface area contributed by atoms with Gasteiger partial charge in [0.2, 0.25) is 5.78 Å². The number of carbonyl (C=O) groups excluding carboxylic acids is 2. The second-order valence-electron chi connectivity index (χ2n) is 7.50. The number of hydrogen-bond donors (Lipinski definition) is 0. The SMILES string of the molecule is COC(=O)[C@@]1(F)C(=O)c2c(ccc3c(OC)cccc23)[C@H]1c1c(OC)cc(OC)cc1OC. The molecular formula is C25H23FO7. The van der Waals surface area contributed by atoms with Crippen LogP contribution < -0.4 is 18.9 Å². The van der Waals surface area contributed by atoms with Gasteiger partial charge in [-0.15, -0.1) is 0 Å². The summed E-state index contributed by atoms with van der Waals surface area (Å²) in [6.45, 7) is 0. The molecule has 33 heavy (non-hydrogen) atoms. The van der Waals surface area contributed by atoms with Crippen LogP contribution in [0.2, 0.25) is 0 Å². The molecule has 0 radical (unpaired) electrons. The number of hydrogen-bond acceptors (Lipinski definition) is 7. The number of Topliss-reactive ketones (excluding diaryl/α,β-unsaturated/α-hetero) is 1. The Hall–Kier alpha value is -3.81. The maximum atomic E-state index is 16.8. The van der Waals surface area contributed by atoms with E-state index in [2.05, 4.69) is 0 Å². The summed E-state index contributed by atoms with van der Waals surface area (Å²) in [6, 6.07) is 11.6. The molecule has 0 heterocycles. The summed E-state index contributed by atoms with van der Waals surface area (Å²) in [7, 11) is 6.82. The average molecular weight is 454 g/mol. The molecule has 0 spiro atoms. The van der Waals surface area contributed by atoms with Gasteiger partial charge in [-0.1, -0.05) is 24.3 Å². The van der Waals surface area contributed by atoms with Gasteiger partial charge in [-0.05, 0) is 17.0 Å². The van der Waals surface area contributed by atoms with E-state index in [9.17, 15) is 9.59 Å². The number of ether oxygens (including phenoxy) is 5. The Morgan fingerprint density at radius 2 is 1.48 bits per heavy atom. The van der Waals surface area contributed by atoms with E-state index in [4.69, 9.17) is 23.7 Å². The normalized spacial score (nSPS) is 19.2. The quantitative estimate of drug-likeness (QED) is 0.410. The van der Waals surface area contributed by atoms with E-state index in [0.29, 0.717) is 27.8 Å². The summed E-state index contributed by atoms with van der Waals surface area (Å²) in [5, 5.41) is 1.09. The minimum absolute atomic E-state index is 0.0872. The number of ketones is 1. The van der Waals surface area contributed by atoms with Crippen molar-refractivity contribution in [3.8, 4) is 23.0 Å². The molecule has 4 rings (SSSR count). The molecule has 0 saturated heterocycles. The van der Waals surface area contributed by atoms with Gasteiger partial charge < -0.3 is 23.7 Å². The van der Waals surface area contributed by atoms with Gasteiger partial charge in [0.05, 0.1) is 41.5 Å². The molecule has 1 aliphatic carbocycles. The molecule has 0 amide bonds. The number of rotatable bonds is 6. The van der Waals surface area contributed by atoms with Crippen molar-refractivity contribution in [2.24, 2.45) is 0 Å². The summed E-state index contributed by atoms with van der Waals surface area (Å²) in [5.41, 5.74) is -2.44. The first kappa shape index (κ1) is 22.4. The topological polar surface area (TPSA) is 80.3 Å². The molecule has 0 saturated carbocycles. The van der Waals surface area contributed by atoms with E-state index < -0.39 is 23.3 Å². The van der Waals surface area contributed by atoms with Crippen LogP contribution >= 0.6 is 0 Å². The van der Waals surface area contributed by atoms with E-state index in [-0.39, 0.29) is 22.6 Å². The third-order valence-electron chi connectivity index (χ3n) is 6.06. The summed E-state index contributed by atoms with van der Waals surface area (Å²) >= 11 is 0. The molecule has 3 aromatic carbocycles. The highest BCUT2D eigenvalue weighted by atomic mass is 19.1. The highest BCUT2D eigenvalue weighted by Gasteiger charge is 2.63. The van der Waals surface area contributed by atoms with E-state index in [1.807, 2.05) is 0 Å². The van der Waals surface area contributed by atoms with Gasteiger partial charge in [0.25, 0.3) is 5.67 Å².